The number of nitrogens with zero attached hydrogens (tertiary/aromatic N) is 3. The van der Waals surface area contributed by atoms with Gasteiger partial charge in [0.15, 0.2) is 5.82 Å². The lowest BCUT2D eigenvalue weighted by molar-refractivity contribution is -0.125. The second kappa shape index (κ2) is 10.9. The largest absolute Gasteiger partial charge is 0.465 e. The molecule has 0 aliphatic heterocycles. The van der Waals surface area contributed by atoms with Gasteiger partial charge in [-0.05, 0) is 48.8 Å². The summed E-state index contributed by atoms with van der Waals surface area (Å²) in [4.78, 5) is 25.4. The van der Waals surface area contributed by atoms with E-state index in [0.29, 0.717) is 23.5 Å². The first-order valence-electron chi connectivity index (χ1n) is 13.5. The van der Waals surface area contributed by atoms with E-state index in [-0.39, 0.29) is 30.7 Å². The van der Waals surface area contributed by atoms with Crippen LogP contribution >= 0.6 is 0 Å². The van der Waals surface area contributed by atoms with Crippen molar-refractivity contribution in [1.82, 2.24) is 15.1 Å². The van der Waals surface area contributed by atoms with Crippen LogP contribution in [0.2, 0.25) is 0 Å². The molecule has 0 saturated heterocycles. The summed E-state index contributed by atoms with van der Waals surface area (Å²) < 4.78 is 27.0. The molecule has 0 radical (unpaired) electrons. The first kappa shape index (κ1) is 27.6. The van der Waals surface area contributed by atoms with Gasteiger partial charge in [0.25, 0.3) is 5.92 Å². The van der Waals surface area contributed by atoms with Gasteiger partial charge in [0.1, 0.15) is 5.69 Å². The van der Waals surface area contributed by atoms with Crippen LogP contribution in [0.1, 0.15) is 50.5 Å². The molecule has 10 heteroatoms. The maximum atomic E-state index is 13.5. The molecule has 3 aromatic rings. The van der Waals surface area contributed by atoms with E-state index in [9.17, 15) is 23.5 Å². The molecular formula is C30H33F2N5O3. The van der Waals surface area contributed by atoms with Crippen LogP contribution in [-0.2, 0) is 10.3 Å². The summed E-state index contributed by atoms with van der Waals surface area (Å²) in [6.45, 7) is 0. The van der Waals surface area contributed by atoms with Gasteiger partial charge in [-0.1, -0.05) is 54.6 Å². The van der Waals surface area contributed by atoms with Crippen molar-refractivity contribution < 1.29 is 23.5 Å². The predicted octanol–water partition coefficient (Wildman–Crippen LogP) is 5.89. The molecule has 1 heterocycles. The van der Waals surface area contributed by atoms with Crippen molar-refractivity contribution in [2.75, 3.05) is 12.4 Å². The number of amides is 2. The van der Waals surface area contributed by atoms with Crippen LogP contribution in [0.15, 0.2) is 60.7 Å². The van der Waals surface area contributed by atoms with Gasteiger partial charge in [0.2, 0.25) is 5.91 Å². The number of carbonyl (C=O) groups is 2. The molecule has 40 heavy (non-hydrogen) atoms. The average molecular weight is 550 g/mol. The highest BCUT2D eigenvalue weighted by atomic mass is 19.3. The molecule has 2 amide bonds. The van der Waals surface area contributed by atoms with Crippen molar-refractivity contribution in [3.63, 3.8) is 0 Å². The molecule has 2 saturated carbocycles. The zero-order valence-corrected chi connectivity index (χ0v) is 22.3. The number of benzene rings is 2. The number of nitrogens with two attached hydrogens (primary N) is 1. The van der Waals surface area contributed by atoms with Gasteiger partial charge in [-0.3, -0.25) is 4.79 Å². The number of carboxylic acid groups (broad SMARTS) is 1. The van der Waals surface area contributed by atoms with Crippen LogP contribution in [0.5, 0.6) is 0 Å². The Labute approximate surface area is 231 Å². The molecule has 1 aromatic heterocycles. The summed E-state index contributed by atoms with van der Waals surface area (Å²) >= 11 is 0. The number of aromatic nitrogens is 2. The molecule has 0 atom stereocenters. The Balaban J connectivity index is 1.30. The minimum absolute atomic E-state index is 0.0113. The van der Waals surface area contributed by atoms with Crippen molar-refractivity contribution in [3.05, 3.63) is 66.2 Å². The fourth-order valence-corrected chi connectivity index (χ4v) is 5.89. The molecule has 5 rings (SSSR count). The molecule has 2 fully saturated rings. The normalized spacial score (nSPS) is 21.2. The van der Waals surface area contributed by atoms with E-state index in [1.807, 2.05) is 42.5 Å². The standard InChI is InChI=1S/C30H33F2N5O3/c1-37(28(39)40)23-13-7-19(8-14-23)15-26(38)34-25-16-24(20-5-3-2-4-6-20)27(36-35-25)21-9-11-22(12-10-21)29(33)17-30(31,32)18-29/h2-6,9-12,16,19,23H,7-8,13-15,17-18,33H2,1H3,(H,39,40)(H,34,35,38). The summed E-state index contributed by atoms with van der Waals surface area (Å²) in [5, 5.41) is 20.8. The lowest BCUT2D eigenvalue weighted by atomic mass is 9.70. The van der Waals surface area contributed by atoms with E-state index in [4.69, 9.17) is 5.73 Å². The summed E-state index contributed by atoms with van der Waals surface area (Å²) in [6.07, 6.45) is 1.70. The van der Waals surface area contributed by atoms with Crippen LogP contribution in [-0.4, -0.2) is 51.2 Å². The van der Waals surface area contributed by atoms with Crippen LogP contribution < -0.4 is 11.1 Å². The van der Waals surface area contributed by atoms with E-state index in [1.165, 1.54) is 4.90 Å². The molecule has 8 nitrogen and oxygen atoms in total. The zero-order valence-electron chi connectivity index (χ0n) is 22.3. The topological polar surface area (TPSA) is 121 Å². The van der Waals surface area contributed by atoms with Crippen LogP contribution in [0, 0.1) is 5.92 Å². The molecule has 0 spiro atoms. The summed E-state index contributed by atoms with van der Waals surface area (Å²) in [6, 6.07) is 18.5. The van der Waals surface area contributed by atoms with E-state index >= 15 is 0 Å². The minimum atomic E-state index is -2.73. The summed E-state index contributed by atoms with van der Waals surface area (Å²) in [5.41, 5.74) is 8.84. The first-order chi connectivity index (χ1) is 19.0. The summed E-state index contributed by atoms with van der Waals surface area (Å²) in [7, 11) is 1.59. The Morgan fingerprint density at radius 3 is 2.25 bits per heavy atom. The third-order valence-electron chi connectivity index (χ3n) is 8.17. The molecule has 0 unspecified atom stereocenters. The second-order valence-corrected chi connectivity index (χ2v) is 11.1. The Kier molecular flexibility index (Phi) is 7.55. The average Bonchev–Trinajstić information content (AvgIpc) is 2.92. The lowest BCUT2D eigenvalue weighted by Crippen LogP contribution is -2.55. The monoisotopic (exact) mass is 549 g/mol. The van der Waals surface area contributed by atoms with Crippen molar-refractivity contribution in [2.45, 2.75) is 62.4 Å². The number of carbonyl (C=O) groups excluding carboxylic acids is 1. The zero-order chi connectivity index (χ0) is 28.5. The Bertz CT molecular complexity index is 1370. The molecule has 4 N–H and O–H groups in total. The SMILES string of the molecule is CN(C(=O)O)C1CCC(CC(=O)Nc2cc(-c3ccccc3)c(-c3ccc(C4(N)CC(F)(F)C4)cc3)nn2)CC1. The molecule has 2 aliphatic rings. The fourth-order valence-electron chi connectivity index (χ4n) is 5.89. The predicted molar refractivity (Wildman–Crippen MR) is 148 cm³/mol. The van der Waals surface area contributed by atoms with Gasteiger partial charge in [-0.15, -0.1) is 10.2 Å². The molecule has 210 valence electrons. The number of rotatable bonds is 7. The fraction of sp³-hybridized carbons (Fsp3) is 0.400. The van der Waals surface area contributed by atoms with Crippen molar-refractivity contribution >= 4 is 17.8 Å². The van der Waals surface area contributed by atoms with Gasteiger partial charge < -0.3 is 21.1 Å². The Hall–Kier alpha value is -3.92. The van der Waals surface area contributed by atoms with Crippen molar-refractivity contribution in [2.24, 2.45) is 11.7 Å². The number of anilines is 1. The lowest BCUT2D eigenvalue weighted by Gasteiger charge is -2.44. The molecule has 0 bridgehead atoms. The van der Waals surface area contributed by atoms with E-state index < -0.39 is 17.6 Å². The number of nitrogens with one attached hydrogen (secondary N) is 1. The highest BCUT2D eigenvalue weighted by Crippen LogP contribution is 2.50. The minimum Gasteiger partial charge on any atom is -0.465 e. The van der Waals surface area contributed by atoms with Gasteiger partial charge >= 0.3 is 6.09 Å². The van der Waals surface area contributed by atoms with Gasteiger partial charge in [0, 0.05) is 43.5 Å². The third-order valence-corrected chi connectivity index (χ3v) is 8.17. The molecule has 2 aromatic carbocycles. The Morgan fingerprint density at radius 2 is 1.65 bits per heavy atom. The maximum Gasteiger partial charge on any atom is 0.407 e. The number of hydrogen-bond donors (Lipinski definition) is 3. The van der Waals surface area contributed by atoms with Gasteiger partial charge in [-0.25, -0.2) is 13.6 Å². The van der Waals surface area contributed by atoms with Gasteiger partial charge in [-0.2, -0.15) is 0 Å². The molecule has 2 aliphatic carbocycles. The van der Waals surface area contributed by atoms with E-state index in [1.54, 1.807) is 25.2 Å². The van der Waals surface area contributed by atoms with Crippen LogP contribution in [0.3, 0.4) is 0 Å². The highest BCUT2D eigenvalue weighted by molar-refractivity contribution is 5.91. The second-order valence-electron chi connectivity index (χ2n) is 11.1. The highest BCUT2D eigenvalue weighted by Gasteiger charge is 2.55. The van der Waals surface area contributed by atoms with E-state index in [0.717, 1.165) is 42.4 Å². The number of halogens is 2. The summed E-state index contributed by atoms with van der Waals surface area (Å²) in [5.74, 6) is -2.37. The Morgan fingerprint density at radius 1 is 1.00 bits per heavy atom. The maximum absolute atomic E-state index is 13.5. The first-order valence-corrected chi connectivity index (χ1v) is 13.5. The van der Waals surface area contributed by atoms with Crippen molar-refractivity contribution in [3.8, 4) is 22.4 Å². The van der Waals surface area contributed by atoms with Gasteiger partial charge in [0.05, 0.1) is 5.54 Å². The van der Waals surface area contributed by atoms with Crippen LogP contribution in [0.25, 0.3) is 22.4 Å². The van der Waals surface area contributed by atoms with E-state index in [2.05, 4.69) is 15.5 Å². The van der Waals surface area contributed by atoms with Crippen LogP contribution in [0.4, 0.5) is 19.4 Å². The quantitative estimate of drug-likeness (QED) is 0.338. The number of alkyl halides is 2. The third kappa shape index (κ3) is 5.96. The molecular weight excluding hydrogens is 516 g/mol. The number of hydrogen-bond acceptors (Lipinski definition) is 5. The van der Waals surface area contributed by atoms with Crippen molar-refractivity contribution in [1.29, 1.82) is 0 Å². The smallest absolute Gasteiger partial charge is 0.407 e.